The number of Topliss-reactive ketones (excluding diaryl/α,β-unsaturated/α-hetero) is 1. The monoisotopic (exact) mass is 1110 g/mol. The van der Waals surface area contributed by atoms with E-state index in [0.29, 0.717) is 6.16 Å². The van der Waals surface area contributed by atoms with E-state index in [1.54, 1.807) is 0 Å². The summed E-state index contributed by atoms with van der Waals surface area (Å²) in [5, 5.41) is 6.10. The van der Waals surface area contributed by atoms with E-state index in [9.17, 15) is 57.5 Å². The average Bonchev–Trinajstić information content (AvgIpc) is 3.46. The van der Waals surface area contributed by atoms with Crippen molar-refractivity contribution in [1.82, 2.24) is 0 Å². The van der Waals surface area contributed by atoms with Crippen molar-refractivity contribution in [2.45, 2.75) is 0 Å². The molecule has 394 valence electrons. The molecule has 0 aliphatic carbocycles. The Bertz CT molecular complexity index is 3390. The van der Waals surface area contributed by atoms with E-state index in [1.807, 2.05) is 42.5 Å². The van der Waals surface area contributed by atoms with Gasteiger partial charge in [-0.05, 0) is 47.2 Å². The standard InChI is InChI=1S/C30H24OP.C24BF20/c31-30(25-13-4-1-5-14-25)23-32(27-16-6-2-7-17-27,28-18-8-3-9-19-28)29-21-20-24-12-10-11-15-26(24)22-29;26-5-1(6(27)14(35)21(42)13(5)34)25(2-7(28)15(36)22(43)16(37)8(2)29,3-9(30)17(38)23(44)18(39)10(3)31)4-11(32)19(40)24(45)20(41)12(4)33/h1-22H,23H2;/q+1;-1. The Kier molecular flexibility index (Phi) is 15.2. The number of rotatable bonds is 10. The smallest absolute Gasteiger partial charge is 0.201 e. The summed E-state index contributed by atoms with van der Waals surface area (Å²) in [4.78, 5) is 13.7. The Morgan fingerprint density at radius 1 is 0.286 bits per heavy atom. The summed E-state index contributed by atoms with van der Waals surface area (Å²) in [6.45, 7) is 0. The molecule has 9 aromatic carbocycles. The highest BCUT2D eigenvalue weighted by molar-refractivity contribution is 7.96. The Hall–Kier alpha value is -8.00. The molecule has 0 aromatic heterocycles. The number of fused-ring (bicyclic) bond motifs is 1. The summed E-state index contributed by atoms with van der Waals surface area (Å²) < 4.78 is 294. The van der Waals surface area contributed by atoms with Crippen molar-refractivity contribution >= 4 is 67.7 Å². The van der Waals surface area contributed by atoms with Gasteiger partial charge in [-0.15, -0.1) is 21.9 Å². The lowest BCUT2D eigenvalue weighted by Gasteiger charge is -2.44. The molecule has 0 heterocycles. The Morgan fingerprint density at radius 3 is 0.857 bits per heavy atom. The van der Waals surface area contributed by atoms with Crippen molar-refractivity contribution in [3.05, 3.63) is 255 Å². The molecule has 0 saturated carbocycles. The molecule has 0 aliphatic heterocycles. The minimum Gasteiger partial charge on any atom is -0.290 e. The second kappa shape index (κ2) is 21.2. The highest BCUT2D eigenvalue weighted by Gasteiger charge is 2.53. The van der Waals surface area contributed by atoms with Crippen molar-refractivity contribution in [3.63, 3.8) is 0 Å². The maximum Gasteiger partial charge on any atom is 0.201 e. The van der Waals surface area contributed by atoms with Crippen LogP contribution in [0, 0.1) is 116 Å². The number of carbonyl (C=O) groups is 1. The second-order valence-corrected chi connectivity index (χ2v) is 20.2. The first-order valence-electron chi connectivity index (χ1n) is 21.8. The van der Waals surface area contributed by atoms with Crippen molar-refractivity contribution in [3.8, 4) is 0 Å². The van der Waals surface area contributed by atoms with Crippen molar-refractivity contribution in [2.24, 2.45) is 0 Å². The van der Waals surface area contributed by atoms with Crippen LogP contribution in [-0.4, -0.2) is 18.1 Å². The summed E-state index contributed by atoms with van der Waals surface area (Å²) >= 11 is 0. The maximum atomic E-state index is 15.4. The fourth-order valence-electron chi connectivity index (χ4n) is 9.31. The van der Waals surface area contributed by atoms with Gasteiger partial charge in [-0.1, -0.05) is 97.1 Å². The summed E-state index contributed by atoms with van der Waals surface area (Å²) in [6, 6.07) is 46.0. The van der Waals surface area contributed by atoms with Gasteiger partial charge in [-0.2, -0.15) is 0 Å². The van der Waals surface area contributed by atoms with Crippen LogP contribution in [0.25, 0.3) is 10.8 Å². The summed E-state index contributed by atoms with van der Waals surface area (Å²) in [7, 11) is -2.23. The fourth-order valence-corrected chi connectivity index (χ4v) is 13.4. The van der Waals surface area contributed by atoms with Crippen LogP contribution < -0.4 is 37.8 Å². The number of halogens is 20. The van der Waals surface area contributed by atoms with Crippen LogP contribution >= 0.6 is 7.26 Å². The largest absolute Gasteiger partial charge is 0.290 e. The number of carbonyl (C=O) groups excluding carboxylic acids is 1. The third-order valence-electron chi connectivity index (χ3n) is 12.8. The number of hydrogen-bond acceptors (Lipinski definition) is 1. The minimum atomic E-state index is -7.22. The zero-order valence-electron chi connectivity index (χ0n) is 37.9. The molecule has 77 heavy (non-hydrogen) atoms. The molecule has 0 N–H and O–H groups in total. The molecule has 0 fully saturated rings. The quantitative estimate of drug-likeness (QED) is 0.0333. The van der Waals surface area contributed by atoms with Gasteiger partial charge in [0.1, 0.15) is 82.0 Å². The van der Waals surface area contributed by atoms with Gasteiger partial charge >= 0.3 is 0 Å². The predicted octanol–water partition coefficient (Wildman–Crippen LogP) is 11.9. The van der Waals surface area contributed by atoms with E-state index in [4.69, 9.17) is 0 Å². The number of hydrogen-bond donors (Lipinski definition) is 0. The van der Waals surface area contributed by atoms with E-state index in [2.05, 4.69) is 91.0 Å². The number of ketones is 1. The third kappa shape index (κ3) is 8.85. The van der Waals surface area contributed by atoms with Crippen LogP contribution in [0.1, 0.15) is 10.4 Å². The average molecular weight is 1110 g/mol. The van der Waals surface area contributed by atoms with Gasteiger partial charge in [-0.25, -0.2) is 87.8 Å². The first kappa shape index (κ1) is 55.2. The lowest BCUT2D eigenvalue weighted by atomic mass is 9.12. The third-order valence-corrected chi connectivity index (χ3v) is 17.0. The van der Waals surface area contributed by atoms with E-state index in [1.165, 1.54) is 26.7 Å². The van der Waals surface area contributed by atoms with Crippen molar-refractivity contribution < 1.29 is 92.6 Å². The zero-order chi connectivity index (χ0) is 56.2. The van der Waals surface area contributed by atoms with Gasteiger partial charge in [0, 0.05) is 5.56 Å². The van der Waals surface area contributed by atoms with Crippen LogP contribution in [0.3, 0.4) is 0 Å². The molecule has 0 spiro atoms. The lowest BCUT2D eigenvalue weighted by Crippen LogP contribution is -2.81. The molecular weight excluding hydrogens is 1090 g/mol. The molecular formula is C54H24BF20OP. The van der Waals surface area contributed by atoms with Crippen LogP contribution in [-0.2, 0) is 0 Å². The highest BCUT2D eigenvalue weighted by atomic mass is 31.2. The maximum absolute atomic E-state index is 15.4. The van der Waals surface area contributed by atoms with E-state index in [0.717, 1.165) is 5.56 Å². The van der Waals surface area contributed by atoms with E-state index >= 15 is 35.1 Å². The molecule has 23 heteroatoms. The minimum absolute atomic E-state index is 0.180. The van der Waals surface area contributed by atoms with Crippen LogP contribution in [0.5, 0.6) is 0 Å². The topological polar surface area (TPSA) is 17.1 Å². The predicted molar refractivity (Wildman–Crippen MR) is 248 cm³/mol. The molecule has 1 nitrogen and oxygen atoms in total. The van der Waals surface area contributed by atoms with Gasteiger partial charge in [0.05, 0.1) is 0 Å². The van der Waals surface area contributed by atoms with Gasteiger partial charge in [0.15, 0.2) is 69.8 Å². The number of benzene rings is 9. The van der Waals surface area contributed by atoms with Crippen LogP contribution in [0.15, 0.2) is 133 Å². The van der Waals surface area contributed by atoms with Gasteiger partial charge < -0.3 is 0 Å². The SMILES string of the molecule is Fc1c(F)c(F)c([B-](c2c(F)c(F)c(F)c(F)c2F)(c2c(F)c(F)c(F)c(F)c2F)c2c(F)c(F)c(F)c(F)c2F)c(F)c1F.O=C(C[P+](c1ccccc1)(c1ccccc1)c1ccc2ccccc2c1)c1ccccc1. The summed E-state index contributed by atoms with van der Waals surface area (Å²) in [5.74, 6) is -71.2. The van der Waals surface area contributed by atoms with Crippen LogP contribution in [0.2, 0.25) is 0 Å². The molecule has 0 amide bonds. The first-order valence-corrected chi connectivity index (χ1v) is 23.8. The Labute approximate surface area is 420 Å². The molecule has 9 rings (SSSR count). The Morgan fingerprint density at radius 2 is 0.545 bits per heavy atom. The first-order chi connectivity index (χ1) is 36.5. The van der Waals surface area contributed by atoms with Gasteiger partial charge in [-0.3, -0.25) is 4.79 Å². The molecule has 0 radical (unpaired) electrons. The van der Waals surface area contributed by atoms with Gasteiger partial charge in [0.25, 0.3) is 0 Å². The van der Waals surface area contributed by atoms with Crippen LogP contribution in [0.4, 0.5) is 87.8 Å². The second-order valence-electron chi connectivity index (χ2n) is 16.8. The van der Waals surface area contributed by atoms with Crippen molar-refractivity contribution in [2.75, 3.05) is 6.16 Å². The fraction of sp³-hybridized carbons (Fsp3) is 0.0185. The Balaban J connectivity index is 0.000000215. The summed E-state index contributed by atoms with van der Waals surface area (Å²) in [5.41, 5.74) is -13.6. The normalized spacial score (nSPS) is 11.7. The molecule has 0 bridgehead atoms. The van der Waals surface area contributed by atoms with Gasteiger partial charge in [0.2, 0.25) is 5.78 Å². The molecule has 0 saturated heterocycles. The zero-order valence-corrected chi connectivity index (χ0v) is 38.8. The highest BCUT2D eigenvalue weighted by Crippen LogP contribution is 2.56. The summed E-state index contributed by atoms with van der Waals surface area (Å²) in [6.07, 6.45) is -6.76. The molecule has 0 aliphatic rings. The molecule has 0 unspecified atom stereocenters. The van der Waals surface area contributed by atoms with E-state index in [-0.39, 0.29) is 5.78 Å². The van der Waals surface area contributed by atoms with E-state index < -0.39 is 152 Å². The lowest BCUT2D eigenvalue weighted by molar-refractivity contribution is 0.102. The molecule has 0 atom stereocenters. The molecule has 9 aromatic rings. The van der Waals surface area contributed by atoms with Crippen molar-refractivity contribution in [1.29, 1.82) is 0 Å².